The van der Waals surface area contributed by atoms with Crippen molar-refractivity contribution in [2.24, 2.45) is 0 Å². The van der Waals surface area contributed by atoms with Gasteiger partial charge >= 0.3 is 0 Å². The van der Waals surface area contributed by atoms with Gasteiger partial charge in [-0.05, 0) is 18.9 Å². The lowest BCUT2D eigenvalue weighted by Gasteiger charge is -2.39. The molecule has 3 unspecified atom stereocenters. The number of ketones is 1. The average Bonchev–Trinajstić information content (AvgIpc) is 2.47. The average molecular weight is 302 g/mol. The van der Waals surface area contributed by atoms with Crippen LogP contribution in [-0.4, -0.2) is 63.3 Å². The summed E-state index contributed by atoms with van der Waals surface area (Å²) in [6.07, 6.45) is 1.20. The van der Waals surface area contributed by atoms with E-state index in [9.17, 15) is 20.1 Å². The van der Waals surface area contributed by atoms with Crippen molar-refractivity contribution >= 4 is 5.78 Å². The van der Waals surface area contributed by atoms with Gasteiger partial charge in [0.15, 0.2) is 5.78 Å². The highest BCUT2D eigenvalue weighted by atomic mass is 16.5. The largest absolute Gasteiger partial charge is 0.394 e. The molecule has 0 aromatic rings. The summed E-state index contributed by atoms with van der Waals surface area (Å²) in [4.78, 5) is 11.8. The molecule has 1 rings (SSSR count). The molecule has 5 atom stereocenters. The molecule has 0 bridgehead atoms. The van der Waals surface area contributed by atoms with Gasteiger partial charge in [-0.3, -0.25) is 4.79 Å². The number of unbranched alkanes of at least 4 members (excludes halogenated alkanes) is 3. The Labute approximate surface area is 125 Å². The third kappa shape index (κ3) is 5.48. The zero-order chi connectivity index (χ0) is 15.8. The van der Waals surface area contributed by atoms with Crippen LogP contribution in [0.15, 0.2) is 12.2 Å². The molecule has 0 radical (unpaired) electrons. The lowest BCUT2D eigenvalue weighted by atomic mass is 9.92. The fourth-order valence-electron chi connectivity index (χ4n) is 2.34. The summed E-state index contributed by atoms with van der Waals surface area (Å²) >= 11 is 0. The second-order valence-corrected chi connectivity index (χ2v) is 5.44. The first-order chi connectivity index (χ1) is 10.0. The second-order valence-electron chi connectivity index (χ2n) is 5.44. The van der Waals surface area contributed by atoms with Crippen molar-refractivity contribution in [3.05, 3.63) is 12.2 Å². The molecule has 0 amide bonds. The van der Waals surface area contributed by atoms with Gasteiger partial charge in [0.05, 0.1) is 12.7 Å². The Morgan fingerprint density at radius 2 is 1.76 bits per heavy atom. The maximum Gasteiger partial charge on any atom is 0.158 e. The predicted octanol–water partition coefficient (Wildman–Crippen LogP) is -0.0755. The van der Waals surface area contributed by atoms with Gasteiger partial charge in [0.2, 0.25) is 0 Å². The normalized spacial score (nSPS) is 33.5. The Bertz CT molecular complexity index is 341. The lowest BCUT2D eigenvalue weighted by Crippen LogP contribution is -2.58. The zero-order valence-electron chi connectivity index (χ0n) is 12.4. The maximum absolute atomic E-state index is 11.8. The van der Waals surface area contributed by atoms with E-state index in [1.165, 1.54) is 6.08 Å². The monoisotopic (exact) mass is 302 g/mol. The molecule has 4 N–H and O–H groups in total. The SMILES string of the molecule is CCCCC/C=C/C(=O)C[C@@H]1OC(CO)[C@@H](O)C(O)C1O. The molecule has 6 heteroatoms. The summed E-state index contributed by atoms with van der Waals surface area (Å²) in [5, 5.41) is 38.2. The van der Waals surface area contributed by atoms with Crippen molar-refractivity contribution in [1.82, 2.24) is 0 Å². The summed E-state index contributed by atoms with van der Waals surface area (Å²) in [5.41, 5.74) is 0. The summed E-state index contributed by atoms with van der Waals surface area (Å²) in [5.74, 6) is -0.212. The van der Waals surface area contributed by atoms with Crippen molar-refractivity contribution in [1.29, 1.82) is 0 Å². The van der Waals surface area contributed by atoms with Gasteiger partial charge in [-0.1, -0.05) is 25.8 Å². The number of aliphatic hydroxyl groups is 4. The van der Waals surface area contributed by atoms with Crippen molar-refractivity contribution in [2.75, 3.05) is 6.61 Å². The molecule has 1 fully saturated rings. The van der Waals surface area contributed by atoms with Crippen LogP contribution in [0.25, 0.3) is 0 Å². The van der Waals surface area contributed by atoms with Gasteiger partial charge in [-0.15, -0.1) is 0 Å². The van der Waals surface area contributed by atoms with E-state index < -0.39 is 37.1 Å². The summed E-state index contributed by atoms with van der Waals surface area (Å²) < 4.78 is 5.28. The molecule has 21 heavy (non-hydrogen) atoms. The van der Waals surface area contributed by atoms with Crippen LogP contribution in [-0.2, 0) is 9.53 Å². The molecule has 1 aliphatic rings. The van der Waals surface area contributed by atoms with E-state index in [1.807, 2.05) is 0 Å². The number of rotatable bonds is 8. The van der Waals surface area contributed by atoms with E-state index in [2.05, 4.69) is 6.92 Å². The molecule has 122 valence electrons. The van der Waals surface area contributed by atoms with Crippen LogP contribution in [0.2, 0.25) is 0 Å². The minimum atomic E-state index is -1.43. The Morgan fingerprint density at radius 1 is 1.10 bits per heavy atom. The van der Waals surface area contributed by atoms with Gasteiger partial charge in [0.1, 0.15) is 24.4 Å². The number of aliphatic hydroxyl groups excluding tert-OH is 4. The van der Waals surface area contributed by atoms with Crippen molar-refractivity contribution in [3.63, 3.8) is 0 Å². The molecule has 0 spiro atoms. The number of ether oxygens (including phenoxy) is 1. The van der Waals surface area contributed by atoms with Crippen LogP contribution in [0.5, 0.6) is 0 Å². The minimum absolute atomic E-state index is 0.0915. The molecule has 0 aromatic heterocycles. The Hall–Kier alpha value is -0.790. The number of allylic oxidation sites excluding steroid dienone is 2. The van der Waals surface area contributed by atoms with Crippen LogP contribution in [0, 0.1) is 0 Å². The Kier molecular flexibility index (Phi) is 8.06. The fraction of sp³-hybridized carbons (Fsp3) is 0.800. The van der Waals surface area contributed by atoms with Crippen LogP contribution in [0.1, 0.15) is 39.0 Å². The molecule has 0 aliphatic carbocycles. The zero-order valence-corrected chi connectivity index (χ0v) is 12.4. The highest BCUT2D eigenvalue weighted by Crippen LogP contribution is 2.23. The van der Waals surface area contributed by atoms with E-state index in [1.54, 1.807) is 6.08 Å². The molecule has 1 heterocycles. The number of hydrogen-bond acceptors (Lipinski definition) is 6. The smallest absolute Gasteiger partial charge is 0.158 e. The van der Waals surface area contributed by atoms with Gasteiger partial charge in [0, 0.05) is 6.42 Å². The van der Waals surface area contributed by atoms with E-state index in [0.29, 0.717) is 0 Å². The van der Waals surface area contributed by atoms with Gasteiger partial charge in [-0.25, -0.2) is 0 Å². The lowest BCUT2D eigenvalue weighted by molar-refractivity contribution is -0.229. The summed E-state index contributed by atoms with van der Waals surface area (Å²) in [7, 11) is 0. The third-order valence-electron chi connectivity index (χ3n) is 3.67. The molecule has 1 saturated heterocycles. The number of hydrogen-bond donors (Lipinski definition) is 4. The van der Waals surface area contributed by atoms with Gasteiger partial charge in [-0.2, -0.15) is 0 Å². The third-order valence-corrected chi connectivity index (χ3v) is 3.67. The highest BCUT2D eigenvalue weighted by Gasteiger charge is 2.43. The van der Waals surface area contributed by atoms with E-state index >= 15 is 0 Å². The number of carbonyl (C=O) groups excluding carboxylic acids is 1. The molecule has 6 nitrogen and oxygen atoms in total. The fourth-order valence-corrected chi connectivity index (χ4v) is 2.34. The quantitative estimate of drug-likeness (QED) is 0.369. The molecular weight excluding hydrogens is 276 g/mol. The topological polar surface area (TPSA) is 107 Å². The molecule has 0 saturated carbocycles. The van der Waals surface area contributed by atoms with Crippen molar-refractivity contribution in [2.45, 2.75) is 69.5 Å². The van der Waals surface area contributed by atoms with Crippen LogP contribution in [0.4, 0.5) is 0 Å². The van der Waals surface area contributed by atoms with Gasteiger partial charge in [0.25, 0.3) is 0 Å². The van der Waals surface area contributed by atoms with Crippen molar-refractivity contribution in [3.8, 4) is 0 Å². The maximum atomic E-state index is 11.8. The summed E-state index contributed by atoms with van der Waals surface area (Å²) in [6.45, 7) is 1.62. The van der Waals surface area contributed by atoms with Gasteiger partial charge < -0.3 is 25.2 Å². The first-order valence-corrected chi connectivity index (χ1v) is 7.51. The van der Waals surface area contributed by atoms with Crippen LogP contribution in [0.3, 0.4) is 0 Å². The van der Waals surface area contributed by atoms with E-state index in [0.717, 1.165) is 25.7 Å². The minimum Gasteiger partial charge on any atom is -0.394 e. The van der Waals surface area contributed by atoms with E-state index in [-0.39, 0.29) is 12.2 Å². The Morgan fingerprint density at radius 3 is 2.38 bits per heavy atom. The standard InChI is InChI=1S/C15H26O6/c1-2-3-4-5-6-7-10(17)8-11-13(18)15(20)14(19)12(9-16)21-11/h6-7,11-16,18-20H,2-5,8-9H2,1H3/b7-6+/t11-,12?,13?,14+,15?/m0/s1. The molecule has 1 aliphatic heterocycles. The Balaban J connectivity index is 2.47. The molecule has 0 aromatic carbocycles. The van der Waals surface area contributed by atoms with Crippen LogP contribution < -0.4 is 0 Å². The first kappa shape index (κ1) is 18.3. The number of carbonyl (C=O) groups is 1. The highest BCUT2D eigenvalue weighted by molar-refractivity contribution is 5.90. The molecular formula is C15H26O6. The first-order valence-electron chi connectivity index (χ1n) is 7.51. The van der Waals surface area contributed by atoms with Crippen LogP contribution >= 0.6 is 0 Å². The predicted molar refractivity (Wildman–Crippen MR) is 76.7 cm³/mol. The van der Waals surface area contributed by atoms with E-state index in [4.69, 9.17) is 9.84 Å². The second kappa shape index (κ2) is 9.27. The summed E-state index contributed by atoms with van der Waals surface area (Å²) in [6, 6.07) is 0. The van der Waals surface area contributed by atoms with Crippen molar-refractivity contribution < 1.29 is 30.0 Å².